The second-order valence-electron chi connectivity index (χ2n) is 14.7. The van der Waals surface area contributed by atoms with Crippen molar-refractivity contribution in [2.24, 2.45) is 5.41 Å². The predicted molar refractivity (Wildman–Crippen MR) is 203 cm³/mol. The van der Waals surface area contributed by atoms with E-state index in [1.807, 2.05) is 36.0 Å². The van der Waals surface area contributed by atoms with Crippen LogP contribution in [0.4, 0.5) is 24.0 Å². The van der Waals surface area contributed by atoms with E-state index in [0.717, 1.165) is 37.1 Å². The lowest BCUT2D eigenvalue weighted by atomic mass is 9.73. The number of amides is 1. The molecule has 0 radical (unpaired) electrons. The number of hydrogen-bond acceptors (Lipinski definition) is 10. The molecule has 1 spiro atoms. The molecule has 4 aromatic rings. The molecule has 280 valence electrons. The van der Waals surface area contributed by atoms with Gasteiger partial charge in [-0.05, 0) is 70.4 Å². The van der Waals surface area contributed by atoms with Crippen molar-refractivity contribution in [1.82, 2.24) is 24.7 Å². The highest BCUT2D eigenvalue weighted by molar-refractivity contribution is 7.23. The molecule has 53 heavy (non-hydrogen) atoms. The van der Waals surface area contributed by atoms with Crippen LogP contribution in [0.2, 0.25) is 5.02 Å². The Morgan fingerprint density at radius 1 is 1.23 bits per heavy atom. The summed E-state index contributed by atoms with van der Waals surface area (Å²) in [4.78, 5) is 29.8. The molecule has 15 heteroatoms. The van der Waals surface area contributed by atoms with Crippen molar-refractivity contribution in [1.29, 1.82) is 5.26 Å². The summed E-state index contributed by atoms with van der Waals surface area (Å²) in [6.45, 7) is 5.09. The highest BCUT2D eigenvalue weighted by atomic mass is 35.5. The Bertz CT molecular complexity index is 2120. The number of piperidine rings is 1. The van der Waals surface area contributed by atoms with Crippen molar-refractivity contribution in [3.8, 4) is 23.2 Å². The molecule has 10 nitrogen and oxygen atoms in total. The highest BCUT2D eigenvalue weighted by Crippen LogP contribution is 2.47. The maximum absolute atomic E-state index is 16.6. The van der Waals surface area contributed by atoms with E-state index in [2.05, 4.69) is 19.8 Å². The Hall–Kier alpha value is -4.16. The first-order chi connectivity index (χ1) is 25.4. The molecule has 4 aliphatic heterocycles. The topological polar surface area (TPSA) is 115 Å². The van der Waals surface area contributed by atoms with Gasteiger partial charge in [0, 0.05) is 73.1 Å². The summed E-state index contributed by atoms with van der Waals surface area (Å²) in [6.07, 6.45) is 8.12. The highest BCUT2D eigenvalue weighted by Gasteiger charge is 2.47. The van der Waals surface area contributed by atoms with Crippen molar-refractivity contribution in [3.05, 3.63) is 52.6 Å². The average Bonchev–Trinajstić information content (AvgIpc) is 3.80. The van der Waals surface area contributed by atoms with E-state index in [0.29, 0.717) is 56.5 Å². The van der Waals surface area contributed by atoms with Gasteiger partial charge >= 0.3 is 6.01 Å². The number of nitriles is 1. The number of likely N-dealkylation sites (tertiary alicyclic amines) is 1. The Kier molecular flexibility index (Phi) is 10.5. The monoisotopic (exact) mass is 766 g/mol. The zero-order valence-corrected chi connectivity index (χ0v) is 31.5. The van der Waals surface area contributed by atoms with Gasteiger partial charge in [0.2, 0.25) is 5.91 Å². The van der Waals surface area contributed by atoms with Gasteiger partial charge in [-0.3, -0.25) is 9.69 Å². The minimum Gasteiger partial charge on any atom is -0.467 e. The van der Waals surface area contributed by atoms with E-state index in [-0.39, 0.29) is 59.6 Å². The van der Waals surface area contributed by atoms with Crippen LogP contribution in [0.25, 0.3) is 32.1 Å². The molecule has 1 amide bonds. The first-order valence-electron chi connectivity index (χ1n) is 17.8. The number of rotatable bonds is 6. The summed E-state index contributed by atoms with van der Waals surface area (Å²) in [5.74, 6) is -0.833. The lowest BCUT2D eigenvalue weighted by molar-refractivity contribution is -0.138. The summed E-state index contributed by atoms with van der Waals surface area (Å²) in [5, 5.41) is 10.6. The van der Waals surface area contributed by atoms with Crippen LogP contribution < -0.4 is 15.4 Å². The van der Waals surface area contributed by atoms with Crippen molar-refractivity contribution >= 4 is 60.7 Å². The van der Waals surface area contributed by atoms with E-state index in [1.54, 1.807) is 12.1 Å². The fourth-order valence-corrected chi connectivity index (χ4v) is 9.55. The number of benzene rings is 2. The number of nitrogen functional groups attached to an aromatic ring is 1. The van der Waals surface area contributed by atoms with E-state index in [1.165, 1.54) is 32.1 Å². The first kappa shape index (κ1) is 37.2. The van der Waals surface area contributed by atoms with Crippen LogP contribution in [0.1, 0.15) is 37.7 Å². The fraction of sp³-hybridized carbons (Fsp3) is 0.474. The molecule has 2 aromatic heterocycles. The second-order valence-corrected chi connectivity index (χ2v) is 16.2. The standard InChI is InChI=1S/C31H30ClF2N7O2S.C7H12FN/c1-39(2)10-4-6-22(42)41-15-31(16-41)9-5-11-40(14-31)29-18-12-20(32)24(25(34)26(18)37-30(38-29)43-3)17-7-8-21(33)27-23(17)19(13-35)28(36)44-27;8-6-4-7-2-1-3-9(7)5-6/h4,6-8,12H,5,9-11,14-16,36H2,1-3H3;6-7H,1-5H2/b6-4+;. The van der Waals surface area contributed by atoms with E-state index < -0.39 is 17.8 Å². The zero-order valence-electron chi connectivity index (χ0n) is 30.0. The molecule has 4 saturated heterocycles. The molecule has 4 aliphatic rings. The lowest BCUT2D eigenvalue weighted by Gasteiger charge is -2.54. The van der Waals surface area contributed by atoms with Crippen LogP contribution in [0.5, 0.6) is 6.01 Å². The number of carbonyl (C=O) groups is 1. The number of halogens is 4. The largest absolute Gasteiger partial charge is 0.467 e. The van der Waals surface area contributed by atoms with Crippen LogP contribution in [-0.4, -0.2) is 110 Å². The number of thiophene rings is 1. The van der Waals surface area contributed by atoms with Gasteiger partial charge in [-0.15, -0.1) is 11.3 Å². The number of nitrogens with zero attached hydrogens (tertiary/aromatic N) is 7. The van der Waals surface area contributed by atoms with Crippen LogP contribution in [-0.2, 0) is 4.79 Å². The van der Waals surface area contributed by atoms with Gasteiger partial charge in [0.15, 0.2) is 5.82 Å². The van der Waals surface area contributed by atoms with Crippen LogP contribution in [0, 0.1) is 28.4 Å². The number of likely N-dealkylation sites (N-methyl/N-ethyl adjacent to an activating group) is 1. The number of fused-ring (bicyclic) bond motifs is 3. The van der Waals surface area contributed by atoms with Gasteiger partial charge in [0.05, 0.1) is 22.4 Å². The molecule has 8 rings (SSSR count). The minimum atomic E-state index is -0.743. The number of carbonyl (C=O) groups excluding carboxylic acids is 1. The van der Waals surface area contributed by atoms with Gasteiger partial charge in [0.1, 0.15) is 34.4 Å². The summed E-state index contributed by atoms with van der Waals surface area (Å²) >= 11 is 7.70. The molecule has 4 fully saturated rings. The molecular formula is C38H42ClF3N8O2S. The number of aromatic nitrogens is 2. The Morgan fingerprint density at radius 2 is 2.02 bits per heavy atom. The van der Waals surface area contributed by atoms with E-state index in [4.69, 9.17) is 22.1 Å². The average molecular weight is 767 g/mol. The molecular weight excluding hydrogens is 725 g/mol. The maximum Gasteiger partial charge on any atom is 0.318 e. The van der Waals surface area contributed by atoms with Gasteiger partial charge < -0.3 is 25.2 Å². The second kappa shape index (κ2) is 14.9. The summed E-state index contributed by atoms with van der Waals surface area (Å²) < 4.78 is 49.4. The Morgan fingerprint density at radius 3 is 2.74 bits per heavy atom. The summed E-state index contributed by atoms with van der Waals surface area (Å²) in [6, 6.07) is 6.82. The molecule has 0 saturated carbocycles. The van der Waals surface area contributed by atoms with Crippen molar-refractivity contribution < 1.29 is 22.7 Å². The SMILES string of the molecule is COc1nc(N2CCCC3(CN(C(=O)/C=C/CN(C)C)C3)C2)c2cc(Cl)c(-c3ccc(F)c4sc(N)c(C#N)c34)c(F)c2n1.FC1CC2CCCN2C1. The molecule has 0 aliphatic carbocycles. The van der Waals surface area contributed by atoms with Gasteiger partial charge in [-0.1, -0.05) is 23.7 Å². The summed E-state index contributed by atoms with van der Waals surface area (Å²) in [7, 11) is 5.30. The van der Waals surface area contributed by atoms with Crippen LogP contribution >= 0.6 is 22.9 Å². The van der Waals surface area contributed by atoms with Gasteiger partial charge in [0.25, 0.3) is 0 Å². The third kappa shape index (κ3) is 7.12. The molecule has 0 bridgehead atoms. The Labute approximate surface area is 315 Å². The van der Waals surface area contributed by atoms with Gasteiger partial charge in [-0.25, -0.2) is 13.2 Å². The van der Waals surface area contributed by atoms with Crippen LogP contribution in [0.3, 0.4) is 0 Å². The predicted octanol–water partition coefficient (Wildman–Crippen LogP) is 6.64. The fourth-order valence-electron chi connectivity index (χ4n) is 8.31. The van der Waals surface area contributed by atoms with E-state index in [9.17, 15) is 18.8 Å². The minimum absolute atomic E-state index is 0.00743. The van der Waals surface area contributed by atoms with Crippen molar-refractivity contribution in [3.63, 3.8) is 0 Å². The first-order valence-corrected chi connectivity index (χ1v) is 19.0. The normalized spacial score (nSPS) is 21.0. The van der Waals surface area contributed by atoms with Gasteiger partial charge in [-0.2, -0.15) is 15.2 Å². The van der Waals surface area contributed by atoms with Crippen molar-refractivity contribution in [2.45, 2.75) is 44.3 Å². The number of nitrogens with two attached hydrogens (primary N) is 1. The molecule has 2 aromatic carbocycles. The van der Waals surface area contributed by atoms with Crippen LogP contribution in [0.15, 0.2) is 30.4 Å². The molecule has 2 N–H and O–H groups in total. The molecule has 2 atom stereocenters. The smallest absolute Gasteiger partial charge is 0.318 e. The molecule has 6 heterocycles. The number of methoxy groups -OCH3 is 1. The quantitative estimate of drug-likeness (QED) is 0.216. The molecule has 2 unspecified atom stereocenters. The number of hydrogen-bond donors (Lipinski definition) is 1. The zero-order chi connectivity index (χ0) is 37.6. The van der Waals surface area contributed by atoms with Crippen molar-refractivity contribution in [2.75, 3.05) is 77.7 Å². The van der Waals surface area contributed by atoms with E-state index >= 15 is 4.39 Å². The number of anilines is 2. The number of alkyl halides is 1. The Balaban J connectivity index is 0.000000418. The maximum atomic E-state index is 16.6. The summed E-state index contributed by atoms with van der Waals surface area (Å²) in [5.41, 5.74) is 6.18. The lowest BCUT2D eigenvalue weighted by Crippen LogP contribution is -2.64. The third-order valence-electron chi connectivity index (χ3n) is 10.7. The number of ether oxygens (including phenoxy) is 1. The third-order valence-corrected chi connectivity index (χ3v) is 12.1.